The first-order chi connectivity index (χ1) is 8.02. The standard InChI is InChI=1S/C10H18N6O/c1-9(13-14-9)3-5-11-7-8(17)12-6-4-10(2)15-16-10/h11H,3-7H2,1-2H3,(H,12,17). The van der Waals surface area contributed by atoms with Crippen molar-refractivity contribution in [2.75, 3.05) is 19.6 Å². The van der Waals surface area contributed by atoms with Crippen LogP contribution < -0.4 is 10.6 Å². The number of carbonyl (C=O) groups excluding carboxylic acids is 1. The van der Waals surface area contributed by atoms with Gasteiger partial charge in [-0.2, -0.15) is 20.5 Å². The molecule has 0 aromatic heterocycles. The van der Waals surface area contributed by atoms with E-state index in [9.17, 15) is 4.79 Å². The van der Waals surface area contributed by atoms with Crippen LogP contribution in [0.5, 0.6) is 0 Å². The predicted octanol–water partition coefficient (Wildman–Crippen LogP) is 0.836. The van der Waals surface area contributed by atoms with Gasteiger partial charge in [-0.05, 0) is 20.4 Å². The molecule has 2 N–H and O–H groups in total. The van der Waals surface area contributed by atoms with Crippen LogP contribution in [0.3, 0.4) is 0 Å². The third kappa shape index (κ3) is 4.18. The van der Waals surface area contributed by atoms with Gasteiger partial charge in [0, 0.05) is 19.4 Å². The van der Waals surface area contributed by atoms with Crippen LogP contribution in [0.25, 0.3) is 0 Å². The largest absolute Gasteiger partial charge is 0.355 e. The molecule has 17 heavy (non-hydrogen) atoms. The smallest absolute Gasteiger partial charge is 0.233 e. The van der Waals surface area contributed by atoms with Gasteiger partial charge >= 0.3 is 0 Å². The Bertz CT molecular complexity index is 352. The molecule has 0 aliphatic carbocycles. The van der Waals surface area contributed by atoms with Crippen molar-refractivity contribution in [2.45, 2.75) is 38.0 Å². The normalized spacial score (nSPS) is 21.3. The van der Waals surface area contributed by atoms with Gasteiger partial charge in [-0.25, -0.2) is 0 Å². The second-order valence-corrected chi connectivity index (χ2v) is 4.86. The highest BCUT2D eigenvalue weighted by molar-refractivity contribution is 5.77. The Morgan fingerprint density at radius 3 is 2.06 bits per heavy atom. The molecule has 2 heterocycles. The second-order valence-electron chi connectivity index (χ2n) is 4.86. The lowest BCUT2D eigenvalue weighted by Gasteiger charge is -2.08. The van der Waals surface area contributed by atoms with Crippen LogP contribution in [0, 0.1) is 0 Å². The maximum absolute atomic E-state index is 11.4. The number of amides is 1. The van der Waals surface area contributed by atoms with Crippen molar-refractivity contribution in [1.82, 2.24) is 10.6 Å². The Kier molecular flexibility index (Phi) is 3.19. The molecule has 7 nitrogen and oxygen atoms in total. The van der Waals surface area contributed by atoms with Crippen LogP contribution >= 0.6 is 0 Å². The molecule has 0 fully saturated rings. The van der Waals surface area contributed by atoms with Gasteiger partial charge in [-0.3, -0.25) is 4.79 Å². The van der Waals surface area contributed by atoms with Gasteiger partial charge in [0.15, 0.2) is 11.3 Å². The maximum atomic E-state index is 11.4. The lowest BCUT2D eigenvalue weighted by atomic mass is 10.2. The van der Waals surface area contributed by atoms with E-state index in [-0.39, 0.29) is 17.2 Å². The number of hydrogen-bond donors (Lipinski definition) is 2. The third-order valence-corrected chi connectivity index (χ3v) is 2.86. The number of nitrogens with one attached hydrogen (secondary N) is 2. The number of hydrogen-bond acceptors (Lipinski definition) is 6. The summed E-state index contributed by atoms with van der Waals surface area (Å²) < 4.78 is 0. The Hall–Kier alpha value is -1.37. The Morgan fingerprint density at radius 2 is 1.53 bits per heavy atom. The van der Waals surface area contributed by atoms with Crippen LogP contribution in [0.15, 0.2) is 20.5 Å². The summed E-state index contributed by atoms with van der Waals surface area (Å²) in [5, 5.41) is 21.4. The highest BCUT2D eigenvalue weighted by atomic mass is 16.1. The summed E-state index contributed by atoms with van der Waals surface area (Å²) in [5.74, 6) is 0.00378. The van der Waals surface area contributed by atoms with E-state index >= 15 is 0 Å². The minimum atomic E-state index is -0.232. The summed E-state index contributed by atoms with van der Waals surface area (Å²) >= 11 is 0. The van der Waals surface area contributed by atoms with Gasteiger partial charge < -0.3 is 10.6 Å². The van der Waals surface area contributed by atoms with Gasteiger partial charge in [-0.15, -0.1) is 0 Å². The van der Waals surface area contributed by atoms with Crippen molar-refractivity contribution in [3.8, 4) is 0 Å². The van der Waals surface area contributed by atoms with Gasteiger partial charge in [0.2, 0.25) is 5.91 Å². The van der Waals surface area contributed by atoms with Crippen molar-refractivity contribution < 1.29 is 4.79 Å². The molecule has 1 amide bonds. The number of nitrogens with zero attached hydrogens (tertiary/aromatic N) is 4. The van der Waals surface area contributed by atoms with E-state index in [2.05, 4.69) is 31.1 Å². The van der Waals surface area contributed by atoms with E-state index in [0.29, 0.717) is 13.1 Å². The number of rotatable bonds is 8. The average molecular weight is 238 g/mol. The fourth-order valence-electron chi connectivity index (χ4n) is 1.40. The molecular weight excluding hydrogens is 220 g/mol. The van der Waals surface area contributed by atoms with Crippen LogP contribution in [0.4, 0.5) is 0 Å². The summed E-state index contributed by atoms with van der Waals surface area (Å²) in [7, 11) is 0. The van der Waals surface area contributed by atoms with Crippen LogP contribution in [0.1, 0.15) is 26.7 Å². The zero-order chi connectivity index (χ0) is 12.4. The summed E-state index contributed by atoms with van der Waals surface area (Å²) in [6, 6.07) is 0. The topological polar surface area (TPSA) is 90.6 Å². The molecule has 94 valence electrons. The lowest BCUT2D eigenvalue weighted by molar-refractivity contribution is -0.120. The minimum absolute atomic E-state index is 0.00378. The first kappa shape index (κ1) is 12.1. The highest BCUT2D eigenvalue weighted by Crippen LogP contribution is 2.30. The molecule has 0 radical (unpaired) electrons. The molecule has 2 rings (SSSR count). The lowest BCUT2D eigenvalue weighted by Crippen LogP contribution is -2.36. The minimum Gasteiger partial charge on any atom is -0.355 e. The Morgan fingerprint density at radius 1 is 1.00 bits per heavy atom. The van der Waals surface area contributed by atoms with E-state index in [1.807, 2.05) is 13.8 Å². The van der Waals surface area contributed by atoms with Crippen LogP contribution in [-0.4, -0.2) is 36.9 Å². The van der Waals surface area contributed by atoms with E-state index in [4.69, 9.17) is 0 Å². The van der Waals surface area contributed by atoms with Gasteiger partial charge in [0.05, 0.1) is 6.54 Å². The molecule has 0 aromatic rings. The molecule has 0 saturated heterocycles. The first-order valence-electron chi connectivity index (χ1n) is 5.87. The molecular formula is C10H18N6O. The SMILES string of the molecule is CC1(CCNCC(=O)NCCC2(C)N=N2)N=N1. The zero-order valence-corrected chi connectivity index (χ0v) is 10.2. The fraction of sp³-hybridized carbons (Fsp3) is 0.900. The molecule has 0 unspecified atom stereocenters. The van der Waals surface area contributed by atoms with Crippen molar-refractivity contribution in [3.63, 3.8) is 0 Å². The van der Waals surface area contributed by atoms with Crippen molar-refractivity contribution in [3.05, 3.63) is 0 Å². The van der Waals surface area contributed by atoms with Crippen molar-refractivity contribution in [2.24, 2.45) is 20.5 Å². The first-order valence-corrected chi connectivity index (χ1v) is 5.87. The maximum Gasteiger partial charge on any atom is 0.233 e. The summed E-state index contributed by atoms with van der Waals surface area (Å²) in [5.41, 5.74) is -0.419. The van der Waals surface area contributed by atoms with E-state index < -0.39 is 0 Å². The molecule has 2 aliphatic heterocycles. The monoisotopic (exact) mass is 238 g/mol. The van der Waals surface area contributed by atoms with Gasteiger partial charge in [0.25, 0.3) is 0 Å². The van der Waals surface area contributed by atoms with Crippen LogP contribution in [0.2, 0.25) is 0 Å². The zero-order valence-electron chi connectivity index (χ0n) is 10.2. The molecule has 0 aromatic carbocycles. The van der Waals surface area contributed by atoms with Crippen molar-refractivity contribution in [1.29, 1.82) is 0 Å². The second kappa shape index (κ2) is 4.48. The fourth-order valence-corrected chi connectivity index (χ4v) is 1.40. The van der Waals surface area contributed by atoms with Gasteiger partial charge in [-0.1, -0.05) is 0 Å². The predicted molar refractivity (Wildman–Crippen MR) is 61.6 cm³/mol. The summed E-state index contributed by atoms with van der Waals surface area (Å²) in [6.45, 7) is 5.62. The average Bonchev–Trinajstić information content (AvgIpc) is 3.16. The molecule has 0 spiro atoms. The summed E-state index contributed by atoms with van der Waals surface area (Å²) in [4.78, 5) is 11.4. The van der Waals surface area contributed by atoms with E-state index in [1.54, 1.807) is 0 Å². The van der Waals surface area contributed by atoms with E-state index in [0.717, 1.165) is 19.4 Å². The third-order valence-electron chi connectivity index (χ3n) is 2.86. The van der Waals surface area contributed by atoms with E-state index in [1.165, 1.54) is 0 Å². The molecule has 7 heteroatoms. The number of carbonyl (C=O) groups is 1. The Balaban J connectivity index is 1.43. The molecule has 0 atom stereocenters. The quantitative estimate of drug-likeness (QED) is 0.613. The Labute approximate surface area is 100 Å². The van der Waals surface area contributed by atoms with Crippen molar-refractivity contribution >= 4 is 5.91 Å². The van der Waals surface area contributed by atoms with Crippen LogP contribution in [-0.2, 0) is 4.79 Å². The summed E-state index contributed by atoms with van der Waals surface area (Å²) in [6.07, 6.45) is 1.62. The molecule has 2 aliphatic rings. The van der Waals surface area contributed by atoms with Gasteiger partial charge in [0.1, 0.15) is 0 Å². The highest BCUT2D eigenvalue weighted by Gasteiger charge is 2.33. The molecule has 0 bridgehead atoms. The molecule has 0 saturated carbocycles.